The highest BCUT2D eigenvalue weighted by Crippen LogP contribution is 2.40. The number of nitrogens with one attached hydrogen (secondary N) is 1. The summed E-state index contributed by atoms with van der Waals surface area (Å²) in [7, 11) is -2.09. The van der Waals surface area contributed by atoms with Gasteiger partial charge in [0.2, 0.25) is 15.9 Å². The Labute approximate surface area is 155 Å². The standard InChI is InChI=1S/C17H17N3O4S2/c1-23-13-5-3-2-4-12(13)10-18-26(21,22)15-9-8-14(25-15)17-20-19-16(24-17)11-6-7-11/h2-5,8-9,11,18H,6-7,10H2,1H3. The largest absolute Gasteiger partial charge is 0.496 e. The van der Waals surface area contributed by atoms with E-state index in [9.17, 15) is 8.42 Å². The van der Waals surface area contributed by atoms with Crippen molar-refractivity contribution in [3.05, 3.63) is 47.9 Å². The molecule has 2 aromatic heterocycles. The lowest BCUT2D eigenvalue weighted by atomic mass is 10.2. The lowest BCUT2D eigenvalue weighted by Gasteiger charge is -2.09. The van der Waals surface area contributed by atoms with Crippen molar-refractivity contribution in [2.24, 2.45) is 0 Å². The number of nitrogens with zero attached hydrogens (tertiary/aromatic N) is 2. The van der Waals surface area contributed by atoms with E-state index in [0.717, 1.165) is 29.7 Å². The van der Waals surface area contributed by atoms with E-state index in [1.807, 2.05) is 18.2 Å². The van der Waals surface area contributed by atoms with Crippen LogP contribution in [-0.4, -0.2) is 25.7 Å². The summed E-state index contributed by atoms with van der Waals surface area (Å²) in [5.41, 5.74) is 0.765. The van der Waals surface area contributed by atoms with Crippen LogP contribution in [0.1, 0.15) is 30.2 Å². The van der Waals surface area contributed by atoms with Crippen molar-refractivity contribution >= 4 is 21.4 Å². The van der Waals surface area contributed by atoms with Gasteiger partial charge in [0.15, 0.2) is 0 Å². The van der Waals surface area contributed by atoms with E-state index in [1.54, 1.807) is 25.3 Å². The molecule has 0 radical (unpaired) electrons. The SMILES string of the molecule is COc1ccccc1CNS(=O)(=O)c1ccc(-c2nnc(C3CC3)o2)s1. The second kappa shape index (κ2) is 6.82. The molecular weight excluding hydrogens is 374 g/mol. The number of methoxy groups -OCH3 is 1. The fraction of sp³-hybridized carbons (Fsp3) is 0.294. The Morgan fingerprint density at radius 1 is 1.23 bits per heavy atom. The van der Waals surface area contributed by atoms with Crippen LogP contribution in [0.3, 0.4) is 0 Å². The minimum Gasteiger partial charge on any atom is -0.496 e. The number of aromatic nitrogens is 2. The van der Waals surface area contributed by atoms with Gasteiger partial charge in [0, 0.05) is 18.0 Å². The third kappa shape index (κ3) is 3.50. The topological polar surface area (TPSA) is 94.3 Å². The zero-order chi connectivity index (χ0) is 18.1. The van der Waals surface area contributed by atoms with Gasteiger partial charge in [-0.3, -0.25) is 0 Å². The quantitative estimate of drug-likeness (QED) is 0.665. The smallest absolute Gasteiger partial charge is 0.257 e. The predicted molar refractivity (Wildman–Crippen MR) is 96.6 cm³/mol. The first-order valence-electron chi connectivity index (χ1n) is 8.12. The van der Waals surface area contributed by atoms with E-state index in [-0.39, 0.29) is 10.8 Å². The van der Waals surface area contributed by atoms with Crippen molar-refractivity contribution in [3.8, 4) is 16.5 Å². The maximum Gasteiger partial charge on any atom is 0.257 e. The van der Waals surface area contributed by atoms with Gasteiger partial charge in [0.05, 0.1) is 12.0 Å². The average molecular weight is 391 g/mol. The Hall–Kier alpha value is -2.23. The average Bonchev–Trinajstić information content (AvgIpc) is 3.17. The van der Waals surface area contributed by atoms with Gasteiger partial charge in [0.1, 0.15) is 9.96 Å². The molecule has 0 unspecified atom stereocenters. The molecule has 2 heterocycles. The minimum absolute atomic E-state index is 0.145. The number of thiophene rings is 1. The molecule has 1 fully saturated rings. The maximum atomic E-state index is 12.6. The van der Waals surface area contributed by atoms with E-state index in [1.165, 1.54) is 0 Å². The predicted octanol–water partition coefficient (Wildman–Crippen LogP) is 3.16. The van der Waals surface area contributed by atoms with Gasteiger partial charge in [-0.25, -0.2) is 13.1 Å². The highest BCUT2D eigenvalue weighted by atomic mass is 32.2. The van der Waals surface area contributed by atoms with Gasteiger partial charge >= 0.3 is 0 Å². The molecular formula is C17H17N3O4S2. The molecule has 3 aromatic rings. The highest BCUT2D eigenvalue weighted by molar-refractivity contribution is 7.91. The van der Waals surface area contributed by atoms with Crippen LogP contribution in [0.2, 0.25) is 0 Å². The third-order valence-electron chi connectivity index (χ3n) is 4.07. The van der Waals surface area contributed by atoms with Gasteiger partial charge in [-0.2, -0.15) is 0 Å². The van der Waals surface area contributed by atoms with Gasteiger partial charge in [-0.1, -0.05) is 18.2 Å². The second-order valence-corrected chi connectivity index (χ2v) is 9.05. The van der Waals surface area contributed by atoms with Crippen molar-refractivity contribution in [3.63, 3.8) is 0 Å². The second-order valence-electron chi connectivity index (χ2n) is 5.97. The van der Waals surface area contributed by atoms with Crippen LogP contribution in [0, 0.1) is 0 Å². The van der Waals surface area contributed by atoms with Gasteiger partial charge in [-0.15, -0.1) is 21.5 Å². The van der Waals surface area contributed by atoms with E-state index in [4.69, 9.17) is 9.15 Å². The number of sulfonamides is 1. The summed E-state index contributed by atoms with van der Waals surface area (Å²) in [5, 5.41) is 8.05. The Morgan fingerprint density at radius 2 is 2.04 bits per heavy atom. The summed E-state index contributed by atoms with van der Waals surface area (Å²) in [4.78, 5) is 0.641. The summed E-state index contributed by atoms with van der Waals surface area (Å²) >= 11 is 1.11. The molecule has 1 saturated carbocycles. The van der Waals surface area contributed by atoms with Crippen LogP contribution >= 0.6 is 11.3 Å². The van der Waals surface area contributed by atoms with Crippen LogP contribution in [0.4, 0.5) is 0 Å². The van der Waals surface area contributed by atoms with Crippen molar-refractivity contribution in [2.45, 2.75) is 29.5 Å². The molecule has 1 aliphatic carbocycles. The van der Waals surface area contributed by atoms with Crippen molar-refractivity contribution in [1.29, 1.82) is 0 Å². The van der Waals surface area contributed by atoms with E-state index in [2.05, 4.69) is 14.9 Å². The zero-order valence-corrected chi connectivity index (χ0v) is 15.6. The first kappa shape index (κ1) is 17.2. The van der Waals surface area contributed by atoms with Crippen LogP contribution in [0.15, 0.2) is 45.0 Å². The number of hydrogen-bond acceptors (Lipinski definition) is 7. The molecule has 0 amide bonds. The van der Waals surface area contributed by atoms with E-state index < -0.39 is 10.0 Å². The third-order valence-corrected chi connectivity index (χ3v) is 7.04. The molecule has 0 bridgehead atoms. The van der Waals surface area contributed by atoms with Crippen LogP contribution < -0.4 is 9.46 Å². The van der Waals surface area contributed by atoms with Gasteiger partial charge in [-0.05, 0) is 31.0 Å². The molecule has 1 aromatic carbocycles. The fourth-order valence-electron chi connectivity index (χ4n) is 2.50. The summed E-state index contributed by atoms with van der Waals surface area (Å²) < 4.78 is 38.8. The lowest BCUT2D eigenvalue weighted by Crippen LogP contribution is -2.22. The molecule has 1 aliphatic rings. The molecule has 1 N–H and O–H groups in total. The Balaban J connectivity index is 1.50. The summed E-state index contributed by atoms with van der Waals surface area (Å²) in [5.74, 6) is 2.00. The molecule has 9 heteroatoms. The van der Waals surface area contributed by atoms with Crippen LogP contribution in [0.5, 0.6) is 5.75 Å². The Kier molecular flexibility index (Phi) is 4.51. The molecule has 0 saturated heterocycles. The molecule has 26 heavy (non-hydrogen) atoms. The lowest BCUT2D eigenvalue weighted by molar-refractivity contribution is 0.409. The minimum atomic E-state index is -3.64. The molecule has 0 atom stereocenters. The maximum absolute atomic E-state index is 12.6. The monoisotopic (exact) mass is 391 g/mol. The Bertz CT molecular complexity index is 1020. The van der Waals surface area contributed by atoms with Crippen molar-refractivity contribution in [2.75, 3.05) is 7.11 Å². The van der Waals surface area contributed by atoms with Crippen LogP contribution in [0.25, 0.3) is 10.8 Å². The van der Waals surface area contributed by atoms with Crippen molar-refractivity contribution < 1.29 is 17.6 Å². The molecule has 136 valence electrons. The number of rotatable bonds is 7. The van der Waals surface area contributed by atoms with Crippen molar-refractivity contribution in [1.82, 2.24) is 14.9 Å². The first-order valence-corrected chi connectivity index (χ1v) is 10.4. The van der Waals surface area contributed by atoms with E-state index in [0.29, 0.717) is 28.3 Å². The number of ether oxygens (including phenoxy) is 1. The number of para-hydroxylation sites is 1. The number of benzene rings is 1. The highest BCUT2D eigenvalue weighted by Gasteiger charge is 2.30. The zero-order valence-electron chi connectivity index (χ0n) is 14.0. The van der Waals surface area contributed by atoms with E-state index >= 15 is 0 Å². The van der Waals surface area contributed by atoms with Gasteiger partial charge < -0.3 is 9.15 Å². The summed E-state index contributed by atoms with van der Waals surface area (Å²) in [6.07, 6.45) is 2.14. The summed E-state index contributed by atoms with van der Waals surface area (Å²) in [6, 6.07) is 10.5. The molecule has 0 spiro atoms. The Morgan fingerprint density at radius 3 is 2.81 bits per heavy atom. The van der Waals surface area contributed by atoms with Crippen LogP contribution in [-0.2, 0) is 16.6 Å². The normalized spacial score (nSPS) is 14.5. The summed E-state index contributed by atoms with van der Waals surface area (Å²) in [6.45, 7) is 0.145. The molecule has 7 nitrogen and oxygen atoms in total. The number of hydrogen-bond donors (Lipinski definition) is 1. The molecule has 0 aliphatic heterocycles. The first-order chi connectivity index (χ1) is 12.6. The fourth-order valence-corrected chi connectivity index (χ4v) is 4.78. The van der Waals surface area contributed by atoms with Gasteiger partial charge in [0.25, 0.3) is 5.89 Å². The molecule has 4 rings (SSSR count).